The fourth-order valence-electron chi connectivity index (χ4n) is 2.39. The maximum atomic E-state index is 5.36. The fraction of sp³-hybridized carbons (Fsp3) is 0.500. The van der Waals surface area contributed by atoms with E-state index in [0.717, 1.165) is 41.6 Å². The first kappa shape index (κ1) is 14.6. The minimum Gasteiger partial charge on any atom is -0.469 e. The summed E-state index contributed by atoms with van der Waals surface area (Å²) >= 11 is 0. The summed E-state index contributed by atoms with van der Waals surface area (Å²) in [5, 5.41) is 3.43. The minimum absolute atomic E-state index is 0.397. The summed E-state index contributed by atoms with van der Waals surface area (Å²) in [6.07, 6.45) is 2.75. The molecule has 0 saturated heterocycles. The molecule has 0 aliphatic rings. The maximum absolute atomic E-state index is 5.36. The summed E-state index contributed by atoms with van der Waals surface area (Å²) < 4.78 is 5.36. The Hall–Kier alpha value is -1.84. The van der Waals surface area contributed by atoms with E-state index < -0.39 is 0 Å². The van der Waals surface area contributed by atoms with Crippen LogP contribution in [0.2, 0.25) is 0 Å². The van der Waals surface area contributed by atoms with Crippen LogP contribution in [0, 0.1) is 13.8 Å². The second-order valence-corrected chi connectivity index (χ2v) is 5.37. The first-order chi connectivity index (χ1) is 9.54. The SMILES string of the molecule is CCCNc1nc(-c2ccoc2C)nc(C)c1C(C)C. The number of nitrogens with zero attached hydrogens (tertiary/aromatic N) is 2. The first-order valence-electron chi connectivity index (χ1n) is 7.21. The Balaban J connectivity index is 2.51. The van der Waals surface area contributed by atoms with E-state index in [9.17, 15) is 0 Å². The van der Waals surface area contributed by atoms with Crippen molar-refractivity contribution < 1.29 is 4.42 Å². The second-order valence-electron chi connectivity index (χ2n) is 5.37. The zero-order valence-electron chi connectivity index (χ0n) is 12.9. The average molecular weight is 273 g/mol. The zero-order valence-corrected chi connectivity index (χ0v) is 12.9. The Morgan fingerprint density at radius 3 is 2.55 bits per heavy atom. The number of hydrogen-bond donors (Lipinski definition) is 1. The standard InChI is InChI=1S/C16H23N3O/c1-6-8-17-16-14(10(2)3)11(4)18-15(19-16)13-7-9-20-12(13)5/h7,9-10H,6,8H2,1-5H3,(H,17,18,19). The van der Waals surface area contributed by atoms with E-state index in [1.807, 2.05) is 19.9 Å². The van der Waals surface area contributed by atoms with Gasteiger partial charge >= 0.3 is 0 Å². The molecule has 4 heteroatoms. The van der Waals surface area contributed by atoms with Crippen LogP contribution in [-0.2, 0) is 0 Å². The number of rotatable bonds is 5. The summed E-state index contributed by atoms with van der Waals surface area (Å²) in [5.74, 6) is 2.93. The lowest BCUT2D eigenvalue weighted by molar-refractivity contribution is 0.535. The van der Waals surface area contributed by atoms with Crippen molar-refractivity contribution >= 4 is 5.82 Å². The normalized spacial score (nSPS) is 11.1. The highest BCUT2D eigenvalue weighted by Crippen LogP contribution is 2.29. The lowest BCUT2D eigenvalue weighted by Gasteiger charge is -2.16. The summed E-state index contributed by atoms with van der Waals surface area (Å²) in [5.41, 5.74) is 3.19. The van der Waals surface area contributed by atoms with Gasteiger partial charge in [0.05, 0.1) is 11.8 Å². The van der Waals surface area contributed by atoms with Gasteiger partial charge in [-0.1, -0.05) is 20.8 Å². The highest BCUT2D eigenvalue weighted by molar-refractivity contribution is 5.61. The third-order valence-corrected chi connectivity index (χ3v) is 3.36. The van der Waals surface area contributed by atoms with Gasteiger partial charge in [-0.05, 0) is 32.3 Å². The molecule has 0 spiro atoms. The van der Waals surface area contributed by atoms with E-state index in [1.165, 1.54) is 5.56 Å². The number of aryl methyl sites for hydroxylation is 2. The molecule has 0 saturated carbocycles. The highest BCUT2D eigenvalue weighted by Gasteiger charge is 2.17. The van der Waals surface area contributed by atoms with Gasteiger partial charge in [0.15, 0.2) is 5.82 Å². The molecular formula is C16H23N3O. The van der Waals surface area contributed by atoms with Gasteiger partial charge < -0.3 is 9.73 Å². The summed E-state index contributed by atoms with van der Waals surface area (Å²) in [7, 11) is 0. The molecule has 0 fully saturated rings. The topological polar surface area (TPSA) is 51.0 Å². The third-order valence-electron chi connectivity index (χ3n) is 3.36. The average Bonchev–Trinajstić information content (AvgIpc) is 2.81. The van der Waals surface area contributed by atoms with Crippen LogP contribution < -0.4 is 5.32 Å². The monoisotopic (exact) mass is 273 g/mol. The smallest absolute Gasteiger partial charge is 0.165 e. The van der Waals surface area contributed by atoms with E-state index in [-0.39, 0.29) is 0 Å². The van der Waals surface area contributed by atoms with Crippen molar-refractivity contribution in [2.45, 2.75) is 47.0 Å². The molecule has 4 nitrogen and oxygen atoms in total. The molecule has 0 unspecified atom stereocenters. The Kier molecular flexibility index (Phi) is 4.42. The first-order valence-corrected chi connectivity index (χ1v) is 7.21. The molecule has 0 atom stereocenters. The van der Waals surface area contributed by atoms with Crippen LogP contribution in [-0.4, -0.2) is 16.5 Å². The van der Waals surface area contributed by atoms with Crippen molar-refractivity contribution in [2.75, 3.05) is 11.9 Å². The lowest BCUT2D eigenvalue weighted by Crippen LogP contribution is -2.10. The quantitative estimate of drug-likeness (QED) is 0.882. The van der Waals surface area contributed by atoms with Crippen molar-refractivity contribution in [3.8, 4) is 11.4 Å². The lowest BCUT2D eigenvalue weighted by atomic mass is 10.0. The Morgan fingerprint density at radius 2 is 2.00 bits per heavy atom. The van der Waals surface area contributed by atoms with E-state index in [2.05, 4.69) is 31.1 Å². The number of nitrogens with one attached hydrogen (secondary N) is 1. The van der Waals surface area contributed by atoms with Crippen LogP contribution in [0.1, 0.15) is 50.1 Å². The number of anilines is 1. The molecule has 2 aromatic rings. The van der Waals surface area contributed by atoms with Crippen LogP contribution >= 0.6 is 0 Å². The maximum Gasteiger partial charge on any atom is 0.165 e. The van der Waals surface area contributed by atoms with Gasteiger partial charge in [-0.3, -0.25) is 0 Å². The predicted molar refractivity (Wildman–Crippen MR) is 82.1 cm³/mol. The van der Waals surface area contributed by atoms with Crippen LogP contribution in [0.4, 0.5) is 5.82 Å². The van der Waals surface area contributed by atoms with Gasteiger partial charge in [0.1, 0.15) is 11.6 Å². The Labute approximate surface area is 120 Å². The molecule has 1 N–H and O–H groups in total. The summed E-state index contributed by atoms with van der Waals surface area (Å²) in [6, 6.07) is 1.92. The van der Waals surface area contributed by atoms with Gasteiger partial charge in [0.25, 0.3) is 0 Å². The van der Waals surface area contributed by atoms with E-state index in [1.54, 1.807) is 6.26 Å². The second kappa shape index (κ2) is 6.07. The van der Waals surface area contributed by atoms with Crippen molar-refractivity contribution in [1.29, 1.82) is 0 Å². The summed E-state index contributed by atoms with van der Waals surface area (Å²) in [4.78, 5) is 9.37. The van der Waals surface area contributed by atoms with Gasteiger partial charge in [-0.25, -0.2) is 9.97 Å². The molecule has 0 aliphatic heterocycles. The molecule has 0 bridgehead atoms. The number of furan rings is 1. The fourth-order valence-corrected chi connectivity index (χ4v) is 2.39. The van der Waals surface area contributed by atoms with Crippen LogP contribution in [0.3, 0.4) is 0 Å². The zero-order chi connectivity index (χ0) is 14.7. The van der Waals surface area contributed by atoms with Crippen molar-refractivity contribution in [1.82, 2.24) is 9.97 Å². The van der Waals surface area contributed by atoms with Gasteiger partial charge in [0, 0.05) is 17.8 Å². The van der Waals surface area contributed by atoms with Crippen molar-refractivity contribution in [3.05, 3.63) is 29.3 Å². The van der Waals surface area contributed by atoms with Gasteiger partial charge in [0.2, 0.25) is 0 Å². The van der Waals surface area contributed by atoms with Crippen LogP contribution in [0.25, 0.3) is 11.4 Å². The molecule has 2 aromatic heterocycles. The largest absolute Gasteiger partial charge is 0.469 e. The van der Waals surface area contributed by atoms with Crippen molar-refractivity contribution in [3.63, 3.8) is 0 Å². The Morgan fingerprint density at radius 1 is 1.25 bits per heavy atom. The predicted octanol–water partition coefficient (Wildman–Crippen LogP) is 4.30. The Bertz CT molecular complexity index is 587. The number of hydrogen-bond acceptors (Lipinski definition) is 4. The van der Waals surface area contributed by atoms with E-state index in [4.69, 9.17) is 9.40 Å². The highest BCUT2D eigenvalue weighted by atomic mass is 16.3. The van der Waals surface area contributed by atoms with Gasteiger partial charge in [-0.15, -0.1) is 0 Å². The molecule has 2 rings (SSSR count). The molecule has 0 aliphatic carbocycles. The van der Waals surface area contributed by atoms with Crippen molar-refractivity contribution in [2.24, 2.45) is 0 Å². The van der Waals surface area contributed by atoms with E-state index in [0.29, 0.717) is 5.92 Å². The minimum atomic E-state index is 0.397. The molecule has 0 radical (unpaired) electrons. The van der Waals surface area contributed by atoms with Crippen LogP contribution in [0.15, 0.2) is 16.7 Å². The molecule has 20 heavy (non-hydrogen) atoms. The molecule has 0 amide bonds. The number of aromatic nitrogens is 2. The summed E-state index contributed by atoms with van der Waals surface area (Å²) in [6.45, 7) is 11.4. The molecule has 0 aromatic carbocycles. The molecule has 108 valence electrons. The molecular weight excluding hydrogens is 250 g/mol. The van der Waals surface area contributed by atoms with Gasteiger partial charge in [-0.2, -0.15) is 0 Å². The van der Waals surface area contributed by atoms with Crippen LogP contribution in [0.5, 0.6) is 0 Å². The third kappa shape index (κ3) is 2.84. The molecule has 2 heterocycles. The van der Waals surface area contributed by atoms with E-state index >= 15 is 0 Å².